The van der Waals surface area contributed by atoms with E-state index in [0.29, 0.717) is 27.0 Å². The van der Waals surface area contributed by atoms with Crippen LogP contribution in [0, 0.1) is 6.92 Å². The average Bonchev–Trinajstić information content (AvgIpc) is 2.55. The zero-order chi connectivity index (χ0) is 17.0. The number of nitrogens with one attached hydrogen (secondary N) is 2. The van der Waals surface area contributed by atoms with Gasteiger partial charge in [-0.05, 0) is 58.7 Å². The molecule has 0 saturated carbocycles. The molecule has 0 atom stereocenters. The lowest BCUT2D eigenvalue weighted by Crippen LogP contribution is -2.19. The molecule has 0 saturated heterocycles. The molecule has 0 spiro atoms. The topological polar surface area (TPSA) is 67.4 Å². The quantitative estimate of drug-likeness (QED) is 0.859. The first-order valence-electron chi connectivity index (χ1n) is 6.94. The van der Waals surface area contributed by atoms with Gasteiger partial charge in [0.25, 0.3) is 11.8 Å². The Bertz CT molecular complexity index is 759. The van der Waals surface area contributed by atoms with Crippen molar-refractivity contribution in [2.45, 2.75) is 6.92 Å². The summed E-state index contributed by atoms with van der Waals surface area (Å²) in [6.45, 7) is 1.87. The minimum atomic E-state index is -0.259. The molecular formula is C17H17BrN2O3. The number of rotatable bonds is 4. The van der Waals surface area contributed by atoms with Crippen LogP contribution in [0.5, 0.6) is 5.75 Å². The van der Waals surface area contributed by atoms with Gasteiger partial charge in [0.1, 0.15) is 5.75 Å². The molecule has 2 rings (SSSR count). The van der Waals surface area contributed by atoms with Gasteiger partial charge in [-0.1, -0.05) is 6.07 Å². The second kappa shape index (κ2) is 7.28. The van der Waals surface area contributed by atoms with Crippen molar-refractivity contribution in [3.05, 3.63) is 57.6 Å². The van der Waals surface area contributed by atoms with Gasteiger partial charge in [0.2, 0.25) is 0 Å². The van der Waals surface area contributed by atoms with Crippen LogP contribution in [0.4, 0.5) is 5.69 Å². The van der Waals surface area contributed by atoms with Gasteiger partial charge >= 0.3 is 0 Å². The van der Waals surface area contributed by atoms with Crippen LogP contribution in [0.1, 0.15) is 26.3 Å². The highest BCUT2D eigenvalue weighted by molar-refractivity contribution is 9.10. The molecule has 5 nitrogen and oxygen atoms in total. The van der Waals surface area contributed by atoms with E-state index in [1.807, 2.05) is 6.92 Å². The van der Waals surface area contributed by atoms with Crippen LogP contribution in [-0.2, 0) is 0 Å². The molecule has 0 radical (unpaired) electrons. The van der Waals surface area contributed by atoms with Gasteiger partial charge < -0.3 is 15.4 Å². The minimum absolute atomic E-state index is 0.201. The molecule has 0 unspecified atom stereocenters. The van der Waals surface area contributed by atoms with E-state index in [0.717, 1.165) is 5.56 Å². The molecule has 0 aliphatic heterocycles. The van der Waals surface area contributed by atoms with Crippen molar-refractivity contribution in [3.63, 3.8) is 0 Å². The Kier molecular flexibility index (Phi) is 5.39. The fraction of sp³-hybridized carbons (Fsp3) is 0.176. The predicted octanol–water partition coefficient (Wildman–Crippen LogP) is 3.38. The van der Waals surface area contributed by atoms with Gasteiger partial charge in [-0.15, -0.1) is 0 Å². The summed E-state index contributed by atoms with van der Waals surface area (Å²) in [4.78, 5) is 24.1. The van der Waals surface area contributed by atoms with Crippen LogP contribution in [-0.4, -0.2) is 26.0 Å². The highest BCUT2D eigenvalue weighted by Gasteiger charge is 2.12. The maximum absolute atomic E-state index is 12.4. The molecule has 120 valence electrons. The lowest BCUT2D eigenvalue weighted by atomic mass is 10.1. The van der Waals surface area contributed by atoms with Crippen LogP contribution in [0.2, 0.25) is 0 Å². The van der Waals surface area contributed by atoms with E-state index in [2.05, 4.69) is 26.6 Å². The van der Waals surface area contributed by atoms with Gasteiger partial charge in [0, 0.05) is 23.9 Å². The van der Waals surface area contributed by atoms with Crippen molar-refractivity contribution in [2.24, 2.45) is 0 Å². The molecule has 0 fully saturated rings. The molecule has 2 aromatic rings. The summed E-state index contributed by atoms with van der Waals surface area (Å²) in [6, 6.07) is 10.2. The number of ether oxygens (including phenoxy) is 1. The summed E-state index contributed by atoms with van der Waals surface area (Å²) in [5.74, 6) is 0.192. The van der Waals surface area contributed by atoms with Crippen LogP contribution in [0.3, 0.4) is 0 Å². The Morgan fingerprint density at radius 2 is 1.70 bits per heavy atom. The second-order valence-electron chi connectivity index (χ2n) is 4.91. The number of methoxy groups -OCH3 is 1. The SMILES string of the molecule is CNC(=O)c1ccc(C)c(NC(=O)c2ccc(OC)c(Br)c2)c1. The largest absolute Gasteiger partial charge is 0.496 e. The van der Waals surface area contributed by atoms with Crippen molar-refractivity contribution in [2.75, 3.05) is 19.5 Å². The molecule has 0 bridgehead atoms. The fourth-order valence-corrected chi connectivity index (χ4v) is 2.59. The minimum Gasteiger partial charge on any atom is -0.496 e. The van der Waals surface area contributed by atoms with Gasteiger partial charge in [0.05, 0.1) is 11.6 Å². The van der Waals surface area contributed by atoms with Crippen LogP contribution < -0.4 is 15.4 Å². The van der Waals surface area contributed by atoms with Crippen molar-refractivity contribution in [1.82, 2.24) is 5.32 Å². The lowest BCUT2D eigenvalue weighted by molar-refractivity contribution is 0.0961. The Balaban J connectivity index is 2.26. The summed E-state index contributed by atoms with van der Waals surface area (Å²) in [7, 11) is 3.13. The number of amides is 2. The smallest absolute Gasteiger partial charge is 0.255 e. The van der Waals surface area contributed by atoms with Crippen LogP contribution >= 0.6 is 15.9 Å². The van der Waals surface area contributed by atoms with E-state index in [-0.39, 0.29) is 11.8 Å². The number of anilines is 1. The van der Waals surface area contributed by atoms with Crippen molar-refractivity contribution >= 4 is 33.4 Å². The highest BCUT2D eigenvalue weighted by atomic mass is 79.9. The van der Waals surface area contributed by atoms with E-state index < -0.39 is 0 Å². The van der Waals surface area contributed by atoms with E-state index in [1.165, 1.54) is 0 Å². The first-order chi connectivity index (χ1) is 11.0. The molecule has 0 aliphatic rings. The summed E-state index contributed by atoms with van der Waals surface area (Å²) in [5.41, 5.74) is 2.45. The van der Waals surface area contributed by atoms with Gasteiger partial charge in [-0.3, -0.25) is 9.59 Å². The average molecular weight is 377 g/mol. The number of hydrogen-bond acceptors (Lipinski definition) is 3. The van der Waals surface area contributed by atoms with Crippen molar-refractivity contribution in [1.29, 1.82) is 0 Å². The molecule has 2 aromatic carbocycles. The van der Waals surface area contributed by atoms with Crippen molar-refractivity contribution in [3.8, 4) is 5.75 Å². The molecule has 2 amide bonds. The normalized spacial score (nSPS) is 10.1. The predicted molar refractivity (Wildman–Crippen MR) is 93.2 cm³/mol. The van der Waals surface area contributed by atoms with Crippen molar-refractivity contribution < 1.29 is 14.3 Å². The monoisotopic (exact) mass is 376 g/mol. The first-order valence-corrected chi connectivity index (χ1v) is 7.73. The fourth-order valence-electron chi connectivity index (χ4n) is 2.04. The van der Waals surface area contributed by atoms with E-state index in [1.54, 1.807) is 50.6 Å². The number of hydrogen-bond donors (Lipinski definition) is 2. The summed E-state index contributed by atoms with van der Waals surface area (Å²) in [5, 5.41) is 5.39. The van der Waals surface area contributed by atoms with Crippen LogP contribution in [0.15, 0.2) is 40.9 Å². The molecular weight excluding hydrogens is 360 g/mol. The lowest BCUT2D eigenvalue weighted by Gasteiger charge is -2.11. The first kappa shape index (κ1) is 17.0. The zero-order valence-electron chi connectivity index (χ0n) is 13.1. The Hall–Kier alpha value is -2.34. The Morgan fingerprint density at radius 3 is 2.30 bits per heavy atom. The van der Waals surface area contributed by atoms with E-state index >= 15 is 0 Å². The molecule has 6 heteroatoms. The molecule has 0 heterocycles. The number of benzene rings is 2. The zero-order valence-corrected chi connectivity index (χ0v) is 14.7. The van der Waals surface area contributed by atoms with E-state index in [9.17, 15) is 9.59 Å². The van der Waals surface area contributed by atoms with Crippen LogP contribution in [0.25, 0.3) is 0 Å². The second-order valence-corrected chi connectivity index (χ2v) is 5.77. The number of aryl methyl sites for hydroxylation is 1. The van der Waals surface area contributed by atoms with Gasteiger partial charge in [-0.25, -0.2) is 0 Å². The van der Waals surface area contributed by atoms with Gasteiger partial charge in [0.15, 0.2) is 0 Å². The summed E-state index contributed by atoms with van der Waals surface area (Å²) in [6.07, 6.45) is 0. The third-order valence-electron chi connectivity index (χ3n) is 3.39. The number of carbonyl (C=O) groups is 2. The molecule has 2 N–H and O–H groups in total. The maximum Gasteiger partial charge on any atom is 0.255 e. The standard InChI is InChI=1S/C17H17BrN2O3/c1-10-4-5-12(16(21)19-2)9-14(10)20-17(22)11-6-7-15(23-3)13(18)8-11/h4-9H,1-3H3,(H,19,21)(H,20,22). The summed E-state index contributed by atoms with van der Waals surface area (Å²) >= 11 is 3.36. The van der Waals surface area contributed by atoms with E-state index in [4.69, 9.17) is 4.74 Å². The maximum atomic E-state index is 12.4. The molecule has 23 heavy (non-hydrogen) atoms. The summed E-state index contributed by atoms with van der Waals surface area (Å²) < 4.78 is 5.85. The molecule has 0 aromatic heterocycles. The molecule has 0 aliphatic carbocycles. The van der Waals surface area contributed by atoms with Gasteiger partial charge in [-0.2, -0.15) is 0 Å². The third kappa shape index (κ3) is 3.90. The number of halogens is 1. The Labute approximate surface area is 143 Å². The number of carbonyl (C=O) groups excluding carboxylic acids is 2. The Morgan fingerprint density at radius 1 is 1.04 bits per heavy atom. The third-order valence-corrected chi connectivity index (χ3v) is 4.01. The highest BCUT2D eigenvalue weighted by Crippen LogP contribution is 2.26.